The second-order valence-corrected chi connectivity index (χ2v) is 9.49. The molecule has 5 nitrogen and oxygen atoms in total. The van der Waals surface area contributed by atoms with Gasteiger partial charge >= 0.3 is 0 Å². The van der Waals surface area contributed by atoms with Crippen LogP contribution in [0.25, 0.3) is 22.3 Å². The standard InChI is InChI=1S/C25H22Cl2F3N5/c26-18-8-17(28)9-19(27)23(18)22-7-16-12-33-25(32-11-14-3-4-20(29)21(30)6-14)34-24(16)35(22)13-15-2-1-5-31-10-15/h3-4,6-9,12,15,31H,1-2,5,10-11,13H2,(H,32,33,34). The fraction of sp³-hybridized carbons (Fsp3) is 0.280. The molecule has 0 aliphatic carbocycles. The third kappa shape index (κ3) is 5.10. The van der Waals surface area contributed by atoms with Crippen LogP contribution in [0.5, 0.6) is 0 Å². The Morgan fingerprint density at radius 3 is 2.57 bits per heavy atom. The molecule has 0 amide bonds. The van der Waals surface area contributed by atoms with E-state index in [9.17, 15) is 13.2 Å². The summed E-state index contributed by atoms with van der Waals surface area (Å²) in [5.74, 6) is -1.61. The van der Waals surface area contributed by atoms with Crippen molar-refractivity contribution in [2.45, 2.75) is 25.9 Å². The summed E-state index contributed by atoms with van der Waals surface area (Å²) in [5.41, 5.74) is 2.49. The lowest BCUT2D eigenvalue weighted by atomic mass is 9.99. The summed E-state index contributed by atoms with van der Waals surface area (Å²) in [6.07, 6.45) is 3.82. The van der Waals surface area contributed by atoms with Crippen LogP contribution < -0.4 is 10.6 Å². The SMILES string of the molecule is Fc1cc(Cl)c(-c2cc3cnc(NCc4ccc(F)c(F)c4)nc3n2CC2CCCNC2)c(Cl)c1. The number of benzene rings is 2. The summed E-state index contributed by atoms with van der Waals surface area (Å²) in [6, 6.07) is 8.11. The van der Waals surface area contributed by atoms with Crippen molar-refractivity contribution in [1.82, 2.24) is 19.9 Å². The van der Waals surface area contributed by atoms with Crippen molar-refractivity contribution in [3.63, 3.8) is 0 Å². The lowest BCUT2D eigenvalue weighted by Crippen LogP contribution is -2.32. The molecular formula is C25H22Cl2F3N5. The molecule has 2 aromatic heterocycles. The Bertz CT molecular complexity index is 1360. The molecule has 1 atom stereocenters. The zero-order chi connectivity index (χ0) is 24.5. The van der Waals surface area contributed by atoms with Gasteiger partial charge in [0.05, 0.1) is 15.7 Å². The number of anilines is 1. The Morgan fingerprint density at radius 1 is 1.06 bits per heavy atom. The molecule has 5 rings (SSSR count). The Balaban J connectivity index is 1.54. The zero-order valence-corrected chi connectivity index (χ0v) is 20.1. The van der Waals surface area contributed by atoms with Crippen molar-refractivity contribution in [3.8, 4) is 11.3 Å². The predicted octanol–water partition coefficient (Wildman–Crippen LogP) is 6.43. The van der Waals surface area contributed by atoms with E-state index in [1.165, 1.54) is 18.2 Å². The monoisotopic (exact) mass is 519 g/mol. The minimum atomic E-state index is -0.909. The number of hydrogen-bond donors (Lipinski definition) is 2. The summed E-state index contributed by atoms with van der Waals surface area (Å²) in [4.78, 5) is 9.09. The van der Waals surface area contributed by atoms with Gasteiger partial charge in [-0.05, 0) is 67.7 Å². The van der Waals surface area contributed by atoms with E-state index in [1.807, 2.05) is 10.6 Å². The van der Waals surface area contributed by atoms with Crippen LogP contribution in [0.2, 0.25) is 10.0 Å². The van der Waals surface area contributed by atoms with E-state index in [1.54, 1.807) is 6.20 Å². The Morgan fingerprint density at radius 2 is 1.86 bits per heavy atom. The highest BCUT2D eigenvalue weighted by Crippen LogP contribution is 2.39. The van der Waals surface area contributed by atoms with E-state index < -0.39 is 17.5 Å². The maximum absolute atomic E-state index is 13.9. The lowest BCUT2D eigenvalue weighted by molar-refractivity contribution is 0.341. The molecule has 1 aliphatic rings. The Labute approximate surface area is 210 Å². The van der Waals surface area contributed by atoms with Gasteiger partial charge in [-0.15, -0.1) is 0 Å². The molecule has 35 heavy (non-hydrogen) atoms. The average Bonchev–Trinajstić information content (AvgIpc) is 3.17. The van der Waals surface area contributed by atoms with Crippen molar-refractivity contribution in [2.24, 2.45) is 5.92 Å². The number of fused-ring (bicyclic) bond motifs is 1. The number of nitrogens with zero attached hydrogens (tertiary/aromatic N) is 3. The normalized spacial score (nSPS) is 16.1. The molecule has 1 saturated heterocycles. The quantitative estimate of drug-likeness (QED) is 0.308. The zero-order valence-electron chi connectivity index (χ0n) is 18.6. The van der Waals surface area contributed by atoms with Gasteiger partial charge in [0.25, 0.3) is 0 Å². The van der Waals surface area contributed by atoms with Gasteiger partial charge in [-0.1, -0.05) is 29.3 Å². The van der Waals surface area contributed by atoms with Crippen LogP contribution >= 0.6 is 23.2 Å². The number of halogens is 5. The van der Waals surface area contributed by atoms with Gasteiger partial charge < -0.3 is 15.2 Å². The van der Waals surface area contributed by atoms with Crippen molar-refractivity contribution < 1.29 is 13.2 Å². The minimum Gasteiger partial charge on any atom is -0.350 e. The van der Waals surface area contributed by atoms with Crippen molar-refractivity contribution >= 4 is 40.2 Å². The average molecular weight is 520 g/mol. The molecule has 3 heterocycles. The first-order chi connectivity index (χ1) is 16.9. The highest BCUT2D eigenvalue weighted by atomic mass is 35.5. The van der Waals surface area contributed by atoms with E-state index in [2.05, 4.69) is 15.6 Å². The molecular weight excluding hydrogens is 498 g/mol. The molecule has 10 heteroatoms. The number of nitrogens with one attached hydrogen (secondary N) is 2. The smallest absolute Gasteiger partial charge is 0.224 e. The predicted molar refractivity (Wildman–Crippen MR) is 132 cm³/mol. The van der Waals surface area contributed by atoms with Gasteiger partial charge in [0.1, 0.15) is 11.5 Å². The fourth-order valence-corrected chi connectivity index (χ4v) is 5.13. The minimum absolute atomic E-state index is 0.213. The summed E-state index contributed by atoms with van der Waals surface area (Å²) < 4.78 is 42.7. The van der Waals surface area contributed by atoms with Crippen LogP contribution in [-0.2, 0) is 13.1 Å². The second kappa shape index (κ2) is 10.0. The molecule has 2 N–H and O–H groups in total. The number of aromatic nitrogens is 3. The summed E-state index contributed by atoms with van der Waals surface area (Å²) in [5, 5.41) is 7.70. The first-order valence-electron chi connectivity index (χ1n) is 11.3. The van der Waals surface area contributed by atoms with Crippen molar-refractivity contribution in [2.75, 3.05) is 18.4 Å². The molecule has 0 spiro atoms. The van der Waals surface area contributed by atoms with Gasteiger partial charge in [-0.3, -0.25) is 0 Å². The largest absolute Gasteiger partial charge is 0.350 e. The molecule has 1 unspecified atom stereocenters. The molecule has 182 valence electrons. The topological polar surface area (TPSA) is 54.8 Å². The van der Waals surface area contributed by atoms with E-state index in [0.29, 0.717) is 35.2 Å². The van der Waals surface area contributed by atoms with Gasteiger partial charge in [0.2, 0.25) is 5.95 Å². The molecule has 0 radical (unpaired) electrons. The third-order valence-electron chi connectivity index (χ3n) is 6.17. The molecule has 0 saturated carbocycles. The van der Waals surface area contributed by atoms with Gasteiger partial charge in [-0.25, -0.2) is 18.2 Å². The van der Waals surface area contributed by atoms with Gasteiger partial charge in [0.15, 0.2) is 11.6 Å². The summed E-state index contributed by atoms with van der Waals surface area (Å²) >= 11 is 12.9. The van der Waals surface area contributed by atoms with E-state index in [4.69, 9.17) is 28.2 Å². The highest BCUT2D eigenvalue weighted by Gasteiger charge is 2.22. The van der Waals surface area contributed by atoms with Crippen LogP contribution in [-0.4, -0.2) is 27.6 Å². The highest BCUT2D eigenvalue weighted by molar-refractivity contribution is 6.39. The molecule has 4 aromatic rings. The fourth-order valence-electron chi connectivity index (χ4n) is 4.47. The Hall–Kier alpha value is -2.81. The molecule has 1 fully saturated rings. The van der Waals surface area contributed by atoms with Crippen LogP contribution in [0.15, 0.2) is 42.6 Å². The maximum Gasteiger partial charge on any atom is 0.224 e. The first-order valence-corrected chi connectivity index (χ1v) is 12.0. The van der Waals surface area contributed by atoms with E-state index in [0.717, 1.165) is 49.1 Å². The molecule has 2 aromatic carbocycles. The van der Waals surface area contributed by atoms with E-state index >= 15 is 0 Å². The van der Waals surface area contributed by atoms with Crippen molar-refractivity contribution in [1.29, 1.82) is 0 Å². The molecule has 0 bridgehead atoms. The lowest BCUT2D eigenvalue weighted by Gasteiger charge is -2.24. The summed E-state index contributed by atoms with van der Waals surface area (Å²) in [7, 11) is 0. The first kappa shape index (κ1) is 23.9. The third-order valence-corrected chi connectivity index (χ3v) is 6.77. The van der Waals surface area contributed by atoms with Gasteiger partial charge in [0, 0.05) is 30.2 Å². The summed E-state index contributed by atoms with van der Waals surface area (Å²) in [6.45, 7) is 2.75. The van der Waals surface area contributed by atoms with Gasteiger partial charge in [-0.2, -0.15) is 4.98 Å². The number of piperidine rings is 1. The maximum atomic E-state index is 13.9. The Kier molecular flexibility index (Phi) is 6.86. The van der Waals surface area contributed by atoms with Crippen LogP contribution in [0.3, 0.4) is 0 Å². The van der Waals surface area contributed by atoms with Crippen LogP contribution in [0.1, 0.15) is 18.4 Å². The van der Waals surface area contributed by atoms with Crippen LogP contribution in [0.4, 0.5) is 19.1 Å². The van der Waals surface area contributed by atoms with E-state index in [-0.39, 0.29) is 16.6 Å². The number of rotatable bonds is 6. The number of hydrogen-bond acceptors (Lipinski definition) is 4. The van der Waals surface area contributed by atoms with Crippen LogP contribution in [0, 0.1) is 23.4 Å². The molecule has 1 aliphatic heterocycles. The second-order valence-electron chi connectivity index (χ2n) is 8.67. The van der Waals surface area contributed by atoms with Crippen molar-refractivity contribution in [3.05, 3.63) is 75.7 Å².